The molecule has 0 aliphatic rings. The Morgan fingerprint density at radius 1 is 1.06 bits per heavy atom. The molecule has 0 saturated heterocycles. The quantitative estimate of drug-likeness (QED) is 0.831. The number of halogens is 2. The summed E-state index contributed by atoms with van der Waals surface area (Å²) < 4.78 is 5.51. The average Bonchev–Trinajstić information content (AvgIpc) is 2.22. The Hall–Kier alpha value is -1.45. The van der Waals surface area contributed by atoms with Gasteiger partial charge in [-0.05, 0) is 18.2 Å². The third kappa shape index (κ3) is 2.56. The van der Waals surface area contributed by atoms with Gasteiger partial charge in [-0.2, -0.15) is 0 Å². The highest BCUT2D eigenvalue weighted by atomic mass is 35.5. The zero-order chi connectivity index (χ0) is 11.5. The normalized spacial score (nSPS) is 10.1. The number of hydrogen-bond donors (Lipinski definition) is 1. The lowest BCUT2D eigenvalue weighted by Gasteiger charge is -2.08. The molecule has 0 unspecified atom stereocenters. The highest BCUT2D eigenvalue weighted by Gasteiger charge is 2.03. The number of nitrogens with two attached hydrogens (primary N) is 1. The molecular formula is C11H8Cl2N2O. The van der Waals surface area contributed by atoms with Crippen molar-refractivity contribution in [1.29, 1.82) is 0 Å². The van der Waals surface area contributed by atoms with Crippen molar-refractivity contribution in [2.75, 3.05) is 5.73 Å². The van der Waals surface area contributed by atoms with Crippen LogP contribution in [0.15, 0.2) is 36.7 Å². The van der Waals surface area contributed by atoms with E-state index in [0.717, 1.165) is 0 Å². The van der Waals surface area contributed by atoms with Crippen molar-refractivity contribution < 1.29 is 4.74 Å². The molecule has 1 aromatic carbocycles. The number of aromatic nitrogens is 1. The first-order valence-corrected chi connectivity index (χ1v) is 5.24. The number of ether oxygens (including phenoxy) is 1. The maximum atomic E-state index is 5.78. The van der Waals surface area contributed by atoms with Crippen LogP contribution < -0.4 is 10.5 Å². The van der Waals surface area contributed by atoms with Crippen LogP contribution in [-0.2, 0) is 0 Å². The van der Waals surface area contributed by atoms with Gasteiger partial charge >= 0.3 is 0 Å². The fourth-order valence-corrected chi connectivity index (χ4v) is 1.53. The fraction of sp³-hybridized carbons (Fsp3) is 0. The standard InChI is InChI=1S/C11H8Cl2N2O/c12-7-1-2-11(10(14)4-7)16-9-3-8(13)5-15-6-9/h1-6H,14H2. The number of nitrogens with zero attached hydrogens (tertiary/aromatic N) is 1. The molecule has 0 atom stereocenters. The van der Waals surface area contributed by atoms with Gasteiger partial charge < -0.3 is 10.5 Å². The van der Waals surface area contributed by atoms with Crippen molar-refractivity contribution in [2.45, 2.75) is 0 Å². The molecule has 1 aromatic heterocycles. The zero-order valence-corrected chi connectivity index (χ0v) is 9.66. The summed E-state index contributed by atoms with van der Waals surface area (Å²) in [5.74, 6) is 1.05. The van der Waals surface area contributed by atoms with Gasteiger partial charge in [0.25, 0.3) is 0 Å². The van der Waals surface area contributed by atoms with E-state index in [9.17, 15) is 0 Å². The van der Waals surface area contributed by atoms with Crippen LogP contribution in [0.2, 0.25) is 10.0 Å². The summed E-state index contributed by atoms with van der Waals surface area (Å²) in [4.78, 5) is 3.90. The van der Waals surface area contributed by atoms with E-state index in [2.05, 4.69) is 4.98 Å². The van der Waals surface area contributed by atoms with Gasteiger partial charge in [-0.1, -0.05) is 23.2 Å². The minimum atomic E-state index is 0.465. The SMILES string of the molecule is Nc1cc(Cl)ccc1Oc1cncc(Cl)c1. The molecule has 0 fully saturated rings. The Kier molecular flexibility index (Phi) is 3.17. The van der Waals surface area contributed by atoms with Gasteiger partial charge in [-0.3, -0.25) is 4.98 Å². The van der Waals surface area contributed by atoms with Crippen molar-refractivity contribution in [2.24, 2.45) is 0 Å². The Labute approximate surface area is 103 Å². The molecule has 16 heavy (non-hydrogen) atoms. The van der Waals surface area contributed by atoms with Gasteiger partial charge in [0, 0.05) is 17.3 Å². The topological polar surface area (TPSA) is 48.1 Å². The van der Waals surface area contributed by atoms with Crippen molar-refractivity contribution in [1.82, 2.24) is 4.98 Å². The summed E-state index contributed by atoms with van der Waals surface area (Å²) >= 11 is 11.6. The van der Waals surface area contributed by atoms with Crippen LogP contribution in [0.5, 0.6) is 11.5 Å². The average molecular weight is 255 g/mol. The molecule has 2 aromatic rings. The second-order valence-corrected chi connectivity index (χ2v) is 4.00. The van der Waals surface area contributed by atoms with Crippen LogP contribution in [0, 0.1) is 0 Å². The third-order valence-electron chi connectivity index (χ3n) is 1.88. The number of pyridine rings is 1. The van der Waals surface area contributed by atoms with Crippen LogP contribution in [0.4, 0.5) is 5.69 Å². The highest BCUT2D eigenvalue weighted by Crippen LogP contribution is 2.30. The predicted octanol–water partition coefficient (Wildman–Crippen LogP) is 3.76. The van der Waals surface area contributed by atoms with Gasteiger partial charge in [0.2, 0.25) is 0 Å². The number of rotatable bonds is 2. The number of anilines is 1. The van der Waals surface area contributed by atoms with Crippen LogP contribution in [0.3, 0.4) is 0 Å². The van der Waals surface area contributed by atoms with E-state index in [-0.39, 0.29) is 0 Å². The van der Waals surface area contributed by atoms with E-state index in [0.29, 0.717) is 27.2 Å². The van der Waals surface area contributed by atoms with Gasteiger partial charge in [-0.15, -0.1) is 0 Å². The summed E-state index contributed by atoms with van der Waals surface area (Å²) in [6, 6.07) is 6.67. The molecule has 82 valence electrons. The van der Waals surface area contributed by atoms with Gasteiger partial charge in [0.05, 0.1) is 16.9 Å². The summed E-state index contributed by atoms with van der Waals surface area (Å²) in [5, 5.41) is 1.07. The lowest BCUT2D eigenvalue weighted by Crippen LogP contribution is -1.92. The summed E-state index contributed by atoms with van der Waals surface area (Å²) in [6.45, 7) is 0. The summed E-state index contributed by atoms with van der Waals surface area (Å²) in [7, 11) is 0. The van der Waals surface area contributed by atoms with E-state index >= 15 is 0 Å². The fourth-order valence-electron chi connectivity index (χ4n) is 1.19. The molecule has 0 saturated carbocycles. The second kappa shape index (κ2) is 4.60. The predicted molar refractivity (Wildman–Crippen MR) is 65.2 cm³/mol. The molecular weight excluding hydrogens is 247 g/mol. The van der Waals surface area contributed by atoms with E-state index < -0.39 is 0 Å². The molecule has 1 heterocycles. The lowest BCUT2D eigenvalue weighted by atomic mass is 10.3. The molecule has 2 rings (SSSR count). The second-order valence-electron chi connectivity index (χ2n) is 3.12. The molecule has 0 spiro atoms. The first kappa shape index (κ1) is 11.0. The Morgan fingerprint density at radius 3 is 2.56 bits per heavy atom. The first-order chi connectivity index (χ1) is 7.65. The molecule has 2 N–H and O–H groups in total. The van der Waals surface area contributed by atoms with Crippen LogP contribution >= 0.6 is 23.2 Å². The first-order valence-electron chi connectivity index (χ1n) is 4.48. The Bertz CT molecular complexity index is 517. The van der Waals surface area contributed by atoms with Gasteiger partial charge in [0.1, 0.15) is 11.5 Å². The van der Waals surface area contributed by atoms with E-state index in [1.807, 2.05) is 0 Å². The van der Waals surface area contributed by atoms with E-state index in [4.69, 9.17) is 33.7 Å². The Balaban J connectivity index is 2.27. The number of nitrogen functional groups attached to an aromatic ring is 1. The Morgan fingerprint density at radius 2 is 1.88 bits per heavy atom. The van der Waals surface area contributed by atoms with Gasteiger partial charge in [0.15, 0.2) is 0 Å². The molecule has 0 aliphatic heterocycles. The van der Waals surface area contributed by atoms with E-state index in [1.54, 1.807) is 30.5 Å². The molecule has 0 bridgehead atoms. The third-order valence-corrected chi connectivity index (χ3v) is 2.32. The monoisotopic (exact) mass is 254 g/mol. The number of hydrogen-bond acceptors (Lipinski definition) is 3. The van der Waals surface area contributed by atoms with Gasteiger partial charge in [-0.25, -0.2) is 0 Å². The van der Waals surface area contributed by atoms with E-state index in [1.165, 1.54) is 6.20 Å². The lowest BCUT2D eigenvalue weighted by molar-refractivity contribution is 0.482. The van der Waals surface area contributed by atoms with Crippen LogP contribution in [0.1, 0.15) is 0 Å². The summed E-state index contributed by atoms with van der Waals surface area (Å²) in [6.07, 6.45) is 3.08. The highest BCUT2D eigenvalue weighted by molar-refractivity contribution is 6.31. The molecule has 0 aliphatic carbocycles. The van der Waals surface area contributed by atoms with Crippen LogP contribution in [-0.4, -0.2) is 4.98 Å². The minimum absolute atomic E-state index is 0.465. The maximum absolute atomic E-state index is 5.78. The molecule has 0 amide bonds. The minimum Gasteiger partial charge on any atom is -0.454 e. The number of benzene rings is 1. The largest absolute Gasteiger partial charge is 0.454 e. The van der Waals surface area contributed by atoms with Crippen molar-refractivity contribution in [3.63, 3.8) is 0 Å². The molecule has 0 radical (unpaired) electrons. The molecule has 3 nitrogen and oxygen atoms in total. The van der Waals surface area contributed by atoms with Crippen molar-refractivity contribution in [3.05, 3.63) is 46.7 Å². The smallest absolute Gasteiger partial charge is 0.150 e. The van der Waals surface area contributed by atoms with Crippen LogP contribution in [0.25, 0.3) is 0 Å². The molecule has 5 heteroatoms. The summed E-state index contributed by atoms with van der Waals surface area (Å²) in [5.41, 5.74) is 6.21. The van der Waals surface area contributed by atoms with Crippen molar-refractivity contribution >= 4 is 28.9 Å². The maximum Gasteiger partial charge on any atom is 0.150 e. The van der Waals surface area contributed by atoms with Crippen molar-refractivity contribution in [3.8, 4) is 11.5 Å². The zero-order valence-electron chi connectivity index (χ0n) is 8.15.